The fraction of sp³-hybridized carbons (Fsp3) is 0. The molecule has 0 aromatic heterocycles. The topological polar surface area (TPSA) is 49.7 Å². The monoisotopic (exact) mass is 164 g/mol. The molecule has 0 radical (unpaired) electrons. The maximum Gasteiger partial charge on any atom is 0.707 e. The molecule has 0 aliphatic carbocycles. The maximum absolute atomic E-state index is 8.52. The second-order valence-corrected chi connectivity index (χ2v) is 2.19. The molecule has 0 aliphatic rings. The van der Waals surface area contributed by atoms with Gasteiger partial charge in [-0.1, -0.05) is 30.9 Å². The quantitative estimate of drug-likeness (QED) is 0.645. The zero-order valence-electron chi connectivity index (χ0n) is 6.47. The molecule has 1 rings (SSSR count). The van der Waals surface area contributed by atoms with E-state index >= 15 is 0 Å². The molecule has 0 bridgehead atoms. The van der Waals surface area contributed by atoms with Gasteiger partial charge in [-0.05, 0) is 6.07 Å². The van der Waals surface area contributed by atoms with Gasteiger partial charge in [0.1, 0.15) is 5.75 Å². The molecule has 62 valence electrons. The highest BCUT2D eigenvalue weighted by molar-refractivity contribution is 6.33. The van der Waals surface area contributed by atoms with Gasteiger partial charge < -0.3 is 14.7 Å². The first-order chi connectivity index (χ1) is 5.74. The van der Waals surface area contributed by atoms with Crippen molar-refractivity contribution in [2.75, 3.05) is 0 Å². The highest BCUT2D eigenvalue weighted by atomic mass is 16.6. The summed E-state index contributed by atoms with van der Waals surface area (Å²) >= 11 is 0. The first kappa shape index (κ1) is 8.84. The number of hydrogen-bond acceptors (Lipinski definition) is 3. The van der Waals surface area contributed by atoms with Crippen molar-refractivity contribution in [1.29, 1.82) is 0 Å². The molecule has 0 saturated heterocycles. The minimum Gasteiger partial charge on any atom is -0.512 e. The number of benzene rings is 1. The average molecular weight is 164 g/mol. The van der Waals surface area contributed by atoms with Crippen LogP contribution >= 0.6 is 0 Å². The van der Waals surface area contributed by atoms with Crippen molar-refractivity contribution < 1.29 is 14.7 Å². The first-order valence-corrected chi connectivity index (χ1v) is 3.48. The Balaban J connectivity index is 2.89. The smallest absolute Gasteiger partial charge is 0.512 e. The lowest BCUT2D eigenvalue weighted by Gasteiger charge is -2.06. The van der Waals surface area contributed by atoms with E-state index in [0.717, 1.165) is 5.56 Å². The van der Waals surface area contributed by atoms with Gasteiger partial charge >= 0.3 is 7.32 Å². The van der Waals surface area contributed by atoms with E-state index in [1.165, 1.54) is 0 Å². The van der Waals surface area contributed by atoms with Crippen molar-refractivity contribution in [3.63, 3.8) is 0 Å². The van der Waals surface area contributed by atoms with E-state index in [0.29, 0.717) is 5.75 Å². The molecule has 0 heterocycles. The molecule has 12 heavy (non-hydrogen) atoms. The Labute approximate surface area is 71.1 Å². The Morgan fingerprint density at radius 2 is 2.00 bits per heavy atom. The predicted octanol–water partition coefficient (Wildman–Crippen LogP) is 0.678. The SMILES string of the molecule is C=Cc1ccccc1OB(O)O. The molecular formula is C8H9BO3. The number of rotatable bonds is 3. The van der Waals surface area contributed by atoms with E-state index in [1.54, 1.807) is 24.3 Å². The molecule has 0 saturated carbocycles. The fourth-order valence-corrected chi connectivity index (χ4v) is 0.870. The summed E-state index contributed by atoms with van der Waals surface area (Å²) in [5.41, 5.74) is 0.727. The van der Waals surface area contributed by atoms with Crippen LogP contribution in [0.2, 0.25) is 0 Å². The van der Waals surface area contributed by atoms with Crippen LogP contribution in [0, 0.1) is 0 Å². The number of hydrogen-bond donors (Lipinski definition) is 2. The molecular weight excluding hydrogens is 155 g/mol. The van der Waals surface area contributed by atoms with Crippen molar-refractivity contribution in [1.82, 2.24) is 0 Å². The molecule has 1 aromatic rings. The Bertz CT molecular complexity index is 273. The van der Waals surface area contributed by atoms with Gasteiger partial charge in [0, 0.05) is 5.56 Å². The van der Waals surface area contributed by atoms with E-state index < -0.39 is 7.32 Å². The van der Waals surface area contributed by atoms with Crippen molar-refractivity contribution in [3.05, 3.63) is 36.4 Å². The molecule has 0 amide bonds. The van der Waals surface area contributed by atoms with Gasteiger partial charge in [0.15, 0.2) is 0 Å². The molecule has 1 aromatic carbocycles. The summed E-state index contributed by atoms with van der Waals surface area (Å²) < 4.78 is 4.68. The van der Waals surface area contributed by atoms with Crippen molar-refractivity contribution in [2.45, 2.75) is 0 Å². The Morgan fingerprint density at radius 1 is 1.33 bits per heavy atom. The zero-order chi connectivity index (χ0) is 8.97. The van der Waals surface area contributed by atoms with E-state index in [9.17, 15) is 0 Å². The van der Waals surface area contributed by atoms with Gasteiger partial charge in [0.25, 0.3) is 0 Å². The van der Waals surface area contributed by atoms with E-state index in [4.69, 9.17) is 10.0 Å². The Morgan fingerprint density at radius 3 is 2.58 bits per heavy atom. The third-order valence-corrected chi connectivity index (χ3v) is 1.37. The van der Waals surface area contributed by atoms with E-state index in [2.05, 4.69) is 11.2 Å². The average Bonchev–Trinajstić information content (AvgIpc) is 2.04. The highest BCUT2D eigenvalue weighted by Gasteiger charge is 2.12. The van der Waals surface area contributed by atoms with Crippen molar-refractivity contribution in [2.24, 2.45) is 0 Å². The van der Waals surface area contributed by atoms with Crippen LogP contribution in [0.15, 0.2) is 30.8 Å². The fourth-order valence-electron chi connectivity index (χ4n) is 0.870. The van der Waals surface area contributed by atoms with Crippen LogP contribution in [0.4, 0.5) is 0 Å². The molecule has 0 fully saturated rings. The maximum atomic E-state index is 8.52. The van der Waals surface area contributed by atoms with Crippen LogP contribution in [-0.4, -0.2) is 17.4 Å². The molecule has 0 atom stereocenters. The van der Waals surface area contributed by atoms with E-state index in [-0.39, 0.29) is 0 Å². The highest BCUT2D eigenvalue weighted by Crippen LogP contribution is 2.18. The normalized spacial score (nSPS) is 9.17. The second-order valence-electron chi connectivity index (χ2n) is 2.19. The third kappa shape index (κ3) is 2.12. The Kier molecular flexibility index (Phi) is 2.91. The summed E-state index contributed by atoms with van der Waals surface area (Å²) in [5, 5.41) is 17.0. The van der Waals surface area contributed by atoms with Gasteiger partial charge in [-0.3, -0.25) is 0 Å². The molecule has 2 N–H and O–H groups in total. The summed E-state index contributed by atoms with van der Waals surface area (Å²) in [7, 11) is -1.79. The van der Waals surface area contributed by atoms with Crippen molar-refractivity contribution >= 4 is 13.4 Å². The Hall–Kier alpha value is -1.26. The molecule has 4 heteroatoms. The minimum atomic E-state index is -1.79. The lowest BCUT2D eigenvalue weighted by molar-refractivity contribution is 0.288. The minimum absolute atomic E-state index is 0.405. The van der Waals surface area contributed by atoms with Gasteiger partial charge in [0.05, 0.1) is 0 Å². The summed E-state index contributed by atoms with van der Waals surface area (Å²) in [6.07, 6.45) is 1.58. The van der Waals surface area contributed by atoms with Gasteiger partial charge in [-0.15, -0.1) is 0 Å². The largest absolute Gasteiger partial charge is 0.707 e. The van der Waals surface area contributed by atoms with Crippen LogP contribution in [0.3, 0.4) is 0 Å². The lowest BCUT2D eigenvalue weighted by atomic mass is 10.1. The summed E-state index contributed by atoms with van der Waals surface area (Å²) in [6.45, 7) is 3.56. The molecule has 0 aliphatic heterocycles. The first-order valence-electron chi connectivity index (χ1n) is 3.48. The van der Waals surface area contributed by atoms with Crippen LogP contribution < -0.4 is 4.65 Å². The van der Waals surface area contributed by atoms with Gasteiger partial charge in [-0.25, -0.2) is 0 Å². The molecule has 0 spiro atoms. The van der Waals surface area contributed by atoms with E-state index in [1.807, 2.05) is 6.07 Å². The predicted molar refractivity (Wildman–Crippen MR) is 47.4 cm³/mol. The van der Waals surface area contributed by atoms with Gasteiger partial charge in [0.2, 0.25) is 0 Å². The van der Waals surface area contributed by atoms with Crippen molar-refractivity contribution in [3.8, 4) is 5.75 Å². The summed E-state index contributed by atoms with van der Waals surface area (Å²) in [6, 6.07) is 6.96. The zero-order valence-corrected chi connectivity index (χ0v) is 6.47. The number of para-hydroxylation sites is 1. The third-order valence-electron chi connectivity index (χ3n) is 1.37. The van der Waals surface area contributed by atoms with Crippen LogP contribution in [0.1, 0.15) is 5.56 Å². The standard InChI is InChI=1S/C8H9BO3/c1-2-7-5-3-4-6-8(7)12-9(10)11/h2-6,10-11H,1H2. The van der Waals surface area contributed by atoms with Crippen LogP contribution in [0.25, 0.3) is 6.08 Å². The lowest BCUT2D eigenvalue weighted by Crippen LogP contribution is -2.20. The molecule has 0 unspecified atom stereocenters. The molecule has 3 nitrogen and oxygen atoms in total. The second kappa shape index (κ2) is 3.94. The summed E-state index contributed by atoms with van der Waals surface area (Å²) in [5.74, 6) is 0.405. The van der Waals surface area contributed by atoms with Gasteiger partial charge in [-0.2, -0.15) is 0 Å². The van der Waals surface area contributed by atoms with Crippen LogP contribution in [-0.2, 0) is 0 Å². The van der Waals surface area contributed by atoms with Crippen LogP contribution in [0.5, 0.6) is 5.75 Å². The summed E-state index contributed by atoms with van der Waals surface area (Å²) in [4.78, 5) is 0.